The average Bonchev–Trinajstić information content (AvgIpc) is 3.15. The SMILES string of the molecule is COc1cccc(C(=O)COC(=O)Cc2coc3ccc4ccccc4c23)c1. The fraction of sp³-hybridized carbons (Fsp3) is 0.130. The fourth-order valence-corrected chi connectivity index (χ4v) is 3.24. The summed E-state index contributed by atoms with van der Waals surface area (Å²) in [5.74, 6) is -0.185. The van der Waals surface area contributed by atoms with Crippen LogP contribution in [0.15, 0.2) is 71.3 Å². The Balaban J connectivity index is 1.48. The Kier molecular flexibility index (Phi) is 4.81. The van der Waals surface area contributed by atoms with Crippen LogP contribution >= 0.6 is 0 Å². The molecule has 1 heterocycles. The number of ether oxygens (including phenoxy) is 2. The molecule has 0 unspecified atom stereocenters. The highest BCUT2D eigenvalue weighted by molar-refractivity contribution is 6.08. The highest BCUT2D eigenvalue weighted by atomic mass is 16.5. The maximum absolute atomic E-state index is 12.3. The Labute approximate surface area is 161 Å². The van der Waals surface area contributed by atoms with Gasteiger partial charge in [0.2, 0.25) is 0 Å². The molecular formula is C23H18O5. The van der Waals surface area contributed by atoms with Crippen LogP contribution in [0, 0.1) is 0 Å². The van der Waals surface area contributed by atoms with Gasteiger partial charge >= 0.3 is 5.97 Å². The number of Topliss-reactive ketones (excluding diaryl/α,β-unsaturated/α-hetero) is 1. The molecule has 28 heavy (non-hydrogen) atoms. The van der Waals surface area contributed by atoms with Crippen LogP contribution in [0.2, 0.25) is 0 Å². The van der Waals surface area contributed by atoms with E-state index in [9.17, 15) is 9.59 Å². The van der Waals surface area contributed by atoms with Crippen molar-refractivity contribution >= 4 is 33.5 Å². The Morgan fingerprint density at radius 3 is 2.71 bits per heavy atom. The predicted octanol–water partition coefficient (Wildman–Crippen LogP) is 4.56. The first-order chi connectivity index (χ1) is 13.7. The van der Waals surface area contributed by atoms with Crippen LogP contribution in [-0.2, 0) is 16.0 Å². The molecule has 5 heteroatoms. The second-order valence-corrected chi connectivity index (χ2v) is 6.41. The van der Waals surface area contributed by atoms with Crippen molar-refractivity contribution in [1.29, 1.82) is 0 Å². The lowest BCUT2D eigenvalue weighted by Crippen LogP contribution is -2.15. The summed E-state index contributed by atoms with van der Waals surface area (Å²) in [4.78, 5) is 24.6. The van der Waals surface area contributed by atoms with E-state index in [-0.39, 0.29) is 18.8 Å². The van der Waals surface area contributed by atoms with Crippen LogP contribution in [-0.4, -0.2) is 25.5 Å². The number of ketones is 1. The second-order valence-electron chi connectivity index (χ2n) is 6.41. The summed E-state index contributed by atoms with van der Waals surface area (Å²) >= 11 is 0. The zero-order valence-electron chi connectivity index (χ0n) is 15.3. The molecule has 0 aliphatic carbocycles. The van der Waals surface area contributed by atoms with E-state index in [1.807, 2.05) is 36.4 Å². The summed E-state index contributed by atoms with van der Waals surface area (Å²) in [6.45, 7) is -0.317. The highest BCUT2D eigenvalue weighted by Gasteiger charge is 2.16. The van der Waals surface area contributed by atoms with Gasteiger partial charge in [-0.15, -0.1) is 0 Å². The molecule has 140 valence electrons. The van der Waals surface area contributed by atoms with Gasteiger partial charge in [-0.1, -0.05) is 42.5 Å². The average molecular weight is 374 g/mol. The van der Waals surface area contributed by atoms with Crippen molar-refractivity contribution in [3.8, 4) is 5.75 Å². The molecule has 0 aliphatic heterocycles. The number of carbonyl (C=O) groups excluding carboxylic acids is 2. The van der Waals surface area contributed by atoms with Gasteiger partial charge < -0.3 is 13.9 Å². The molecule has 3 aromatic carbocycles. The monoisotopic (exact) mass is 374 g/mol. The molecule has 0 spiro atoms. The maximum atomic E-state index is 12.3. The van der Waals surface area contributed by atoms with Gasteiger partial charge in [-0.05, 0) is 29.0 Å². The normalized spacial score (nSPS) is 10.9. The van der Waals surface area contributed by atoms with E-state index in [1.165, 1.54) is 7.11 Å². The van der Waals surface area contributed by atoms with Gasteiger partial charge in [-0.25, -0.2) is 0 Å². The molecule has 4 rings (SSSR count). The molecule has 0 aliphatic rings. The topological polar surface area (TPSA) is 65.7 Å². The van der Waals surface area contributed by atoms with E-state index >= 15 is 0 Å². The van der Waals surface area contributed by atoms with Gasteiger partial charge in [0.05, 0.1) is 19.8 Å². The molecule has 0 radical (unpaired) electrons. The van der Waals surface area contributed by atoms with E-state index in [4.69, 9.17) is 13.9 Å². The molecule has 0 saturated heterocycles. The molecule has 0 amide bonds. The molecular weight excluding hydrogens is 356 g/mol. The third-order valence-electron chi connectivity index (χ3n) is 4.63. The van der Waals surface area contributed by atoms with Crippen LogP contribution < -0.4 is 4.74 Å². The zero-order chi connectivity index (χ0) is 19.5. The van der Waals surface area contributed by atoms with Gasteiger partial charge in [0.15, 0.2) is 12.4 Å². The summed E-state index contributed by atoms with van der Waals surface area (Å²) in [5.41, 5.74) is 1.89. The van der Waals surface area contributed by atoms with Crippen LogP contribution in [0.3, 0.4) is 0 Å². The molecule has 0 fully saturated rings. The Hall–Kier alpha value is -3.60. The summed E-state index contributed by atoms with van der Waals surface area (Å²) in [7, 11) is 1.53. The molecule has 0 N–H and O–H groups in total. The quantitative estimate of drug-likeness (QED) is 0.366. The van der Waals surface area contributed by atoms with Gasteiger partial charge in [0.25, 0.3) is 0 Å². The van der Waals surface area contributed by atoms with Crippen LogP contribution in [0.1, 0.15) is 15.9 Å². The smallest absolute Gasteiger partial charge is 0.310 e. The first-order valence-electron chi connectivity index (χ1n) is 8.86. The fourth-order valence-electron chi connectivity index (χ4n) is 3.24. The molecule has 0 saturated carbocycles. The molecule has 5 nitrogen and oxygen atoms in total. The number of benzene rings is 3. The number of furan rings is 1. The van der Waals surface area contributed by atoms with Crippen LogP contribution in [0.4, 0.5) is 0 Å². The van der Waals surface area contributed by atoms with Crippen molar-refractivity contribution in [3.05, 3.63) is 78.1 Å². The Bertz CT molecular complexity index is 1170. The number of hydrogen-bond acceptors (Lipinski definition) is 5. The number of carbonyl (C=O) groups is 2. The number of methoxy groups -OCH3 is 1. The predicted molar refractivity (Wildman–Crippen MR) is 106 cm³/mol. The summed E-state index contributed by atoms with van der Waals surface area (Å²) in [6, 6.07) is 18.5. The van der Waals surface area contributed by atoms with Crippen molar-refractivity contribution in [2.75, 3.05) is 13.7 Å². The van der Waals surface area contributed by atoms with Crippen molar-refractivity contribution in [3.63, 3.8) is 0 Å². The second kappa shape index (κ2) is 7.56. The number of rotatable bonds is 6. The number of esters is 1. The highest BCUT2D eigenvalue weighted by Crippen LogP contribution is 2.30. The van der Waals surface area contributed by atoms with Crippen molar-refractivity contribution in [2.24, 2.45) is 0 Å². The first-order valence-corrected chi connectivity index (χ1v) is 8.86. The largest absolute Gasteiger partial charge is 0.497 e. The zero-order valence-corrected chi connectivity index (χ0v) is 15.3. The minimum atomic E-state index is -0.480. The lowest BCUT2D eigenvalue weighted by atomic mass is 10.0. The summed E-state index contributed by atoms with van der Waals surface area (Å²) < 4.78 is 15.9. The molecule has 1 aromatic heterocycles. The van der Waals surface area contributed by atoms with Crippen molar-refractivity contribution in [2.45, 2.75) is 6.42 Å². The molecule has 4 aromatic rings. The van der Waals surface area contributed by atoms with Crippen molar-refractivity contribution < 1.29 is 23.5 Å². The van der Waals surface area contributed by atoms with Crippen LogP contribution in [0.25, 0.3) is 21.7 Å². The lowest BCUT2D eigenvalue weighted by Gasteiger charge is -2.06. The van der Waals surface area contributed by atoms with E-state index in [1.54, 1.807) is 30.5 Å². The van der Waals surface area contributed by atoms with Crippen molar-refractivity contribution in [1.82, 2.24) is 0 Å². The van der Waals surface area contributed by atoms with E-state index in [2.05, 4.69) is 0 Å². The molecule has 0 atom stereocenters. The third-order valence-corrected chi connectivity index (χ3v) is 4.63. The lowest BCUT2D eigenvalue weighted by molar-refractivity contribution is -0.141. The minimum absolute atomic E-state index is 0.0341. The minimum Gasteiger partial charge on any atom is -0.497 e. The number of hydrogen-bond donors (Lipinski definition) is 0. The Morgan fingerprint density at radius 2 is 1.86 bits per heavy atom. The number of fused-ring (bicyclic) bond motifs is 3. The van der Waals surface area contributed by atoms with Gasteiger partial charge in [-0.3, -0.25) is 9.59 Å². The van der Waals surface area contributed by atoms with Gasteiger partial charge in [-0.2, -0.15) is 0 Å². The molecule has 0 bridgehead atoms. The van der Waals surface area contributed by atoms with E-state index in [0.717, 1.165) is 21.7 Å². The maximum Gasteiger partial charge on any atom is 0.310 e. The van der Waals surface area contributed by atoms with E-state index in [0.29, 0.717) is 16.9 Å². The van der Waals surface area contributed by atoms with Crippen LogP contribution in [0.5, 0.6) is 5.75 Å². The Morgan fingerprint density at radius 1 is 1.00 bits per heavy atom. The van der Waals surface area contributed by atoms with Gasteiger partial charge in [0, 0.05) is 16.5 Å². The van der Waals surface area contributed by atoms with E-state index < -0.39 is 5.97 Å². The summed E-state index contributed by atoms with van der Waals surface area (Å²) in [6.07, 6.45) is 1.61. The first kappa shape index (κ1) is 17.8. The third kappa shape index (κ3) is 3.47. The standard InChI is InChI=1S/C23H18O5/c1-26-18-7-4-6-16(11-18)20(24)14-28-22(25)12-17-13-27-21-10-9-15-5-2-3-8-19(15)23(17)21/h2-11,13H,12,14H2,1H3. The van der Waals surface area contributed by atoms with Gasteiger partial charge in [0.1, 0.15) is 11.3 Å². The summed E-state index contributed by atoms with van der Waals surface area (Å²) in [5, 5.41) is 2.98.